The van der Waals surface area contributed by atoms with Crippen molar-refractivity contribution in [3.63, 3.8) is 0 Å². The molecule has 1 aliphatic heterocycles. The Hall–Kier alpha value is -2.24. The molecule has 27 heavy (non-hydrogen) atoms. The zero-order chi connectivity index (χ0) is 18.6. The molecule has 1 unspecified atom stereocenters. The van der Waals surface area contributed by atoms with E-state index in [4.69, 9.17) is 14.2 Å². The van der Waals surface area contributed by atoms with Crippen molar-refractivity contribution >= 4 is 5.97 Å². The van der Waals surface area contributed by atoms with Crippen LogP contribution < -0.4 is 4.74 Å². The van der Waals surface area contributed by atoms with Gasteiger partial charge in [0, 0.05) is 0 Å². The van der Waals surface area contributed by atoms with Crippen LogP contribution in [-0.4, -0.2) is 31.4 Å². The van der Waals surface area contributed by atoms with Gasteiger partial charge in [0.1, 0.15) is 17.7 Å². The summed E-state index contributed by atoms with van der Waals surface area (Å²) in [6.07, 6.45) is 4.98. The fraction of sp³-hybridized carbons (Fsp3) is 0.409. The largest absolute Gasteiger partial charge is 0.423 e. The van der Waals surface area contributed by atoms with Gasteiger partial charge >= 0.3 is 5.97 Å². The van der Waals surface area contributed by atoms with Crippen LogP contribution in [-0.2, 0) is 9.47 Å². The number of benzene rings is 2. The van der Waals surface area contributed by atoms with E-state index in [-0.39, 0.29) is 5.82 Å². The Morgan fingerprint density at radius 3 is 2.30 bits per heavy atom. The molecule has 2 fully saturated rings. The smallest absolute Gasteiger partial charge is 0.343 e. The normalized spacial score (nSPS) is 24.4. The summed E-state index contributed by atoms with van der Waals surface area (Å²) in [6, 6.07) is 13.0. The molecule has 1 atom stereocenters. The Balaban J connectivity index is 1.29. The van der Waals surface area contributed by atoms with Crippen molar-refractivity contribution in [3.05, 3.63) is 65.5 Å². The Labute approximate surface area is 158 Å². The van der Waals surface area contributed by atoms with Gasteiger partial charge < -0.3 is 14.2 Å². The number of halogens is 1. The van der Waals surface area contributed by atoms with E-state index < -0.39 is 5.97 Å². The summed E-state index contributed by atoms with van der Waals surface area (Å²) < 4.78 is 29.3. The molecule has 0 spiro atoms. The monoisotopic (exact) mass is 370 g/mol. The van der Waals surface area contributed by atoms with E-state index in [2.05, 4.69) is 0 Å². The third kappa shape index (κ3) is 4.93. The molecule has 2 aromatic carbocycles. The lowest BCUT2D eigenvalue weighted by atomic mass is 9.82. The highest BCUT2D eigenvalue weighted by atomic mass is 19.1. The molecule has 1 saturated heterocycles. The Bertz CT molecular complexity index is 760. The maximum absolute atomic E-state index is 12.9. The lowest BCUT2D eigenvalue weighted by Gasteiger charge is -2.28. The van der Waals surface area contributed by atoms with Crippen molar-refractivity contribution in [1.82, 2.24) is 0 Å². The average Bonchev–Trinajstić information content (AvgIpc) is 3.53. The Kier molecular flexibility index (Phi) is 5.50. The molecule has 4 rings (SSSR count). The first-order chi connectivity index (χ1) is 13.2. The molecule has 1 saturated carbocycles. The lowest BCUT2D eigenvalue weighted by molar-refractivity contribution is 0.0165. The van der Waals surface area contributed by atoms with Crippen LogP contribution >= 0.6 is 0 Å². The van der Waals surface area contributed by atoms with Crippen molar-refractivity contribution in [2.24, 2.45) is 0 Å². The van der Waals surface area contributed by atoms with Crippen molar-refractivity contribution in [3.8, 4) is 5.75 Å². The molecule has 4 nitrogen and oxygen atoms in total. The van der Waals surface area contributed by atoms with E-state index in [0.29, 0.717) is 29.4 Å². The first kappa shape index (κ1) is 18.1. The van der Waals surface area contributed by atoms with Gasteiger partial charge in [-0.2, -0.15) is 0 Å². The highest BCUT2D eigenvalue weighted by Gasteiger charge is 2.27. The summed E-state index contributed by atoms with van der Waals surface area (Å²) in [5.74, 6) is 0.0392. The summed E-state index contributed by atoms with van der Waals surface area (Å²) >= 11 is 0. The molecule has 5 heteroatoms. The number of epoxide rings is 1. The highest BCUT2D eigenvalue weighted by molar-refractivity contribution is 5.91. The molecule has 2 aromatic rings. The minimum Gasteiger partial charge on any atom is -0.423 e. The maximum atomic E-state index is 12.9. The number of ether oxygens (including phenoxy) is 3. The van der Waals surface area contributed by atoms with E-state index in [9.17, 15) is 9.18 Å². The van der Waals surface area contributed by atoms with E-state index in [1.807, 2.05) is 12.1 Å². The van der Waals surface area contributed by atoms with Gasteiger partial charge in [-0.05, 0) is 73.6 Å². The van der Waals surface area contributed by atoms with Crippen LogP contribution in [0.4, 0.5) is 4.39 Å². The number of rotatable bonds is 6. The van der Waals surface area contributed by atoms with Crippen molar-refractivity contribution in [1.29, 1.82) is 0 Å². The fourth-order valence-electron chi connectivity index (χ4n) is 3.53. The standard InChI is InChI=1S/C22H23FO4/c23-18-7-11-20(12-8-18)27-22(24)17-3-1-15(2-4-17)16-5-9-19(10-6-16)25-13-21-14-26-21/h1-4,7-8,11-12,16,19,21H,5-6,9-10,13-14H2. The molecule has 1 heterocycles. The van der Waals surface area contributed by atoms with Crippen LogP contribution in [0.1, 0.15) is 47.5 Å². The van der Waals surface area contributed by atoms with Gasteiger partial charge in [0.25, 0.3) is 0 Å². The van der Waals surface area contributed by atoms with Gasteiger partial charge in [0.15, 0.2) is 0 Å². The second-order valence-electron chi connectivity index (χ2n) is 7.23. The lowest BCUT2D eigenvalue weighted by Crippen LogP contribution is -2.22. The summed E-state index contributed by atoms with van der Waals surface area (Å²) in [5, 5.41) is 0. The minimum absolute atomic E-state index is 0.324. The zero-order valence-corrected chi connectivity index (χ0v) is 15.1. The second kappa shape index (κ2) is 8.19. The molecule has 0 aromatic heterocycles. The number of carbonyl (C=O) groups excluding carboxylic acids is 1. The first-order valence-corrected chi connectivity index (χ1v) is 9.48. The van der Waals surface area contributed by atoms with Crippen molar-refractivity contribution in [2.45, 2.75) is 43.8 Å². The highest BCUT2D eigenvalue weighted by Crippen LogP contribution is 2.34. The molecule has 0 bridgehead atoms. The van der Waals surface area contributed by atoms with E-state index in [0.717, 1.165) is 38.9 Å². The van der Waals surface area contributed by atoms with Crippen molar-refractivity contribution in [2.75, 3.05) is 13.2 Å². The molecular formula is C22H23FO4. The second-order valence-corrected chi connectivity index (χ2v) is 7.23. The minimum atomic E-state index is -0.437. The summed E-state index contributed by atoms with van der Waals surface area (Å²) in [7, 11) is 0. The molecule has 2 aliphatic rings. The fourth-order valence-corrected chi connectivity index (χ4v) is 3.53. The number of hydrogen-bond acceptors (Lipinski definition) is 4. The van der Waals surface area contributed by atoms with Crippen LogP contribution in [0.2, 0.25) is 0 Å². The van der Waals surface area contributed by atoms with Crippen LogP contribution in [0.25, 0.3) is 0 Å². The maximum Gasteiger partial charge on any atom is 0.343 e. The summed E-state index contributed by atoms with van der Waals surface area (Å²) in [6.45, 7) is 1.56. The SMILES string of the molecule is O=C(Oc1ccc(F)cc1)c1ccc(C2CCC(OCC3CO3)CC2)cc1. The van der Waals surface area contributed by atoms with E-state index in [1.165, 1.54) is 29.8 Å². The van der Waals surface area contributed by atoms with Gasteiger partial charge in [-0.15, -0.1) is 0 Å². The summed E-state index contributed by atoms with van der Waals surface area (Å²) in [5.41, 5.74) is 1.74. The van der Waals surface area contributed by atoms with Gasteiger partial charge in [-0.3, -0.25) is 0 Å². The van der Waals surface area contributed by atoms with Gasteiger partial charge in [0.2, 0.25) is 0 Å². The van der Waals surface area contributed by atoms with Crippen molar-refractivity contribution < 1.29 is 23.4 Å². The third-order valence-electron chi connectivity index (χ3n) is 5.24. The predicted octanol–water partition coefficient (Wildman–Crippen LogP) is 4.49. The average molecular weight is 370 g/mol. The zero-order valence-electron chi connectivity index (χ0n) is 15.1. The molecule has 0 amide bonds. The Morgan fingerprint density at radius 1 is 1.00 bits per heavy atom. The third-order valence-corrected chi connectivity index (χ3v) is 5.24. The topological polar surface area (TPSA) is 48.1 Å². The van der Waals surface area contributed by atoms with Crippen LogP contribution in [0.15, 0.2) is 48.5 Å². The predicted molar refractivity (Wildman–Crippen MR) is 98.5 cm³/mol. The van der Waals surface area contributed by atoms with E-state index in [1.54, 1.807) is 12.1 Å². The quantitative estimate of drug-likeness (QED) is 0.427. The van der Waals surface area contributed by atoms with Gasteiger partial charge in [-0.1, -0.05) is 12.1 Å². The van der Waals surface area contributed by atoms with Crippen LogP contribution in [0.5, 0.6) is 5.75 Å². The Morgan fingerprint density at radius 2 is 1.67 bits per heavy atom. The van der Waals surface area contributed by atoms with E-state index >= 15 is 0 Å². The van der Waals surface area contributed by atoms with Gasteiger partial charge in [-0.25, -0.2) is 9.18 Å². The number of esters is 1. The number of carbonyl (C=O) groups is 1. The molecule has 142 valence electrons. The molecular weight excluding hydrogens is 347 g/mol. The first-order valence-electron chi connectivity index (χ1n) is 9.48. The summed E-state index contributed by atoms with van der Waals surface area (Å²) in [4.78, 5) is 12.2. The molecule has 0 radical (unpaired) electrons. The van der Waals surface area contributed by atoms with Crippen LogP contribution in [0, 0.1) is 5.82 Å². The molecule has 0 N–H and O–H groups in total. The number of hydrogen-bond donors (Lipinski definition) is 0. The van der Waals surface area contributed by atoms with Crippen LogP contribution in [0.3, 0.4) is 0 Å². The van der Waals surface area contributed by atoms with Gasteiger partial charge in [0.05, 0.1) is 24.9 Å². The molecule has 1 aliphatic carbocycles.